The molecule has 2 rings (SSSR count). The monoisotopic (exact) mass is 226 g/mol. The fourth-order valence-corrected chi connectivity index (χ4v) is 0.966. The lowest BCUT2D eigenvalue weighted by Gasteiger charge is -1.88. The lowest BCUT2D eigenvalue weighted by atomic mass is 10.3. The van der Waals surface area contributed by atoms with Crippen LogP contribution in [0.2, 0.25) is 0 Å². The summed E-state index contributed by atoms with van der Waals surface area (Å²) >= 11 is 3.07. The van der Waals surface area contributed by atoms with Gasteiger partial charge in [-0.3, -0.25) is 0 Å². The molecule has 0 spiro atoms. The summed E-state index contributed by atoms with van der Waals surface area (Å²) in [6, 6.07) is 0. The molecule has 0 bridgehead atoms. The van der Waals surface area contributed by atoms with Crippen LogP contribution >= 0.6 is 15.9 Å². The molecular formula is C6H3BrN4O. The standard InChI is InChI=1S/C6H3BrN4O/c7-6-10-5(12-11-6)4-1-8-3-9-2-4/h1-3H. The van der Waals surface area contributed by atoms with Crippen molar-refractivity contribution in [2.45, 2.75) is 0 Å². The highest BCUT2D eigenvalue weighted by molar-refractivity contribution is 9.10. The van der Waals surface area contributed by atoms with Crippen molar-refractivity contribution in [1.29, 1.82) is 0 Å². The van der Waals surface area contributed by atoms with Crippen molar-refractivity contribution in [1.82, 2.24) is 20.1 Å². The van der Waals surface area contributed by atoms with Crippen molar-refractivity contribution in [2.75, 3.05) is 0 Å². The second-order valence-electron chi connectivity index (χ2n) is 2.00. The molecule has 5 nitrogen and oxygen atoms in total. The van der Waals surface area contributed by atoms with Crippen LogP contribution in [0.5, 0.6) is 0 Å². The molecule has 2 aromatic rings. The third-order valence-corrected chi connectivity index (χ3v) is 1.53. The predicted molar refractivity (Wildman–Crippen MR) is 43.0 cm³/mol. The Bertz CT molecular complexity index is 374. The molecule has 0 aromatic carbocycles. The molecule has 0 atom stereocenters. The van der Waals surface area contributed by atoms with E-state index in [4.69, 9.17) is 4.52 Å². The molecule has 2 heterocycles. The molecule has 12 heavy (non-hydrogen) atoms. The first-order valence-electron chi connectivity index (χ1n) is 3.11. The smallest absolute Gasteiger partial charge is 0.261 e. The van der Waals surface area contributed by atoms with Gasteiger partial charge in [-0.25, -0.2) is 9.97 Å². The van der Waals surface area contributed by atoms with Crippen molar-refractivity contribution in [3.8, 4) is 11.5 Å². The number of aromatic nitrogens is 4. The van der Waals surface area contributed by atoms with Crippen molar-refractivity contribution in [3.05, 3.63) is 23.5 Å². The highest BCUT2D eigenvalue weighted by Gasteiger charge is 2.05. The van der Waals surface area contributed by atoms with Gasteiger partial charge in [0.05, 0.1) is 5.56 Å². The number of hydrogen-bond acceptors (Lipinski definition) is 5. The molecular weight excluding hydrogens is 224 g/mol. The van der Waals surface area contributed by atoms with Crippen molar-refractivity contribution >= 4 is 15.9 Å². The lowest BCUT2D eigenvalue weighted by Crippen LogP contribution is -1.80. The molecule has 0 aliphatic heterocycles. The quantitative estimate of drug-likeness (QED) is 0.734. The topological polar surface area (TPSA) is 64.7 Å². The molecule has 0 N–H and O–H groups in total. The van der Waals surface area contributed by atoms with Gasteiger partial charge in [-0.1, -0.05) is 0 Å². The SMILES string of the molecule is Brc1noc(-c2cncnc2)n1. The Morgan fingerprint density at radius 1 is 1.25 bits per heavy atom. The van der Waals surface area contributed by atoms with Gasteiger partial charge in [-0.05, 0) is 21.1 Å². The Kier molecular flexibility index (Phi) is 1.83. The van der Waals surface area contributed by atoms with E-state index in [9.17, 15) is 0 Å². The van der Waals surface area contributed by atoms with E-state index in [1.54, 1.807) is 12.4 Å². The van der Waals surface area contributed by atoms with Crippen LogP contribution in [-0.2, 0) is 0 Å². The summed E-state index contributed by atoms with van der Waals surface area (Å²) in [5, 5.41) is 3.57. The number of hydrogen-bond donors (Lipinski definition) is 0. The number of halogens is 1. The fourth-order valence-electron chi connectivity index (χ4n) is 0.732. The highest BCUT2D eigenvalue weighted by atomic mass is 79.9. The zero-order valence-electron chi connectivity index (χ0n) is 5.81. The Labute approximate surface area is 76.0 Å². The third-order valence-electron chi connectivity index (χ3n) is 1.21. The van der Waals surface area contributed by atoms with Crippen LogP contribution in [0.4, 0.5) is 0 Å². The lowest BCUT2D eigenvalue weighted by molar-refractivity contribution is 0.426. The summed E-state index contributed by atoms with van der Waals surface area (Å²) in [5.74, 6) is 0.405. The van der Waals surface area contributed by atoms with Crippen molar-refractivity contribution < 1.29 is 4.52 Å². The number of nitrogens with zero attached hydrogens (tertiary/aromatic N) is 4. The van der Waals surface area contributed by atoms with Crippen LogP contribution < -0.4 is 0 Å². The molecule has 0 amide bonds. The Morgan fingerprint density at radius 3 is 2.58 bits per heavy atom. The van der Waals surface area contributed by atoms with Gasteiger partial charge in [0.1, 0.15) is 6.33 Å². The van der Waals surface area contributed by atoms with Gasteiger partial charge in [0, 0.05) is 12.4 Å². The molecule has 60 valence electrons. The van der Waals surface area contributed by atoms with E-state index in [-0.39, 0.29) is 0 Å². The van der Waals surface area contributed by atoms with E-state index in [1.807, 2.05) is 0 Å². The molecule has 0 aliphatic carbocycles. The van der Waals surface area contributed by atoms with Crippen molar-refractivity contribution in [3.63, 3.8) is 0 Å². The molecule has 0 saturated heterocycles. The molecule has 6 heteroatoms. The predicted octanol–water partition coefficient (Wildman–Crippen LogP) is 1.29. The van der Waals surface area contributed by atoms with E-state index in [0.717, 1.165) is 0 Å². The third kappa shape index (κ3) is 1.33. The van der Waals surface area contributed by atoms with Crippen LogP contribution in [0.3, 0.4) is 0 Å². The maximum absolute atomic E-state index is 4.86. The first kappa shape index (κ1) is 7.35. The molecule has 0 radical (unpaired) electrons. The Morgan fingerprint density at radius 2 is 2.00 bits per heavy atom. The van der Waals surface area contributed by atoms with Crippen LogP contribution in [0.1, 0.15) is 0 Å². The minimum Gasteiger partial charge on any atom is -0.333 e. The highest BCUT2D eigenvalue weighted by Crippen LogP contribution is 2.15. The van der Waals surface area contributed by atoms with Crippen LogP contribution in [0.15, 0.2) is 28.0 Å². The Hall–Kier alpha value is -1.30. The maximum Gasteiger partial charge on any atom is 0.261 e. The van der Waals surface area contributed by atoms with Crippen LogP contribution in [0, 0.1) is 0 Å². The van der Waals surface area contributed by atoms with E-state index < -0.39 is 0 Å². The minimum atomic E-state index is 0.405. The van der Waals surface area contributed by atoms with Crippen molar-refractivity contribution in [2.24, 2.45) is 0 Å². The van der Waals surface area contributed by atoms with Gasteiger partial charge >= 0.3 is 0 Å². The summed E-state index contributed by atoms with van der Waals surface area (Å²) in [4.78, 5) is 11.6. The van der Waals surface area contributed by atoms with Gasteiger partial charge in [0.25, 0.3) is 5.89 Å². The zero-order chi connectivity index (χ0) is 8.39. The largest absolute Gasteiger partial charge is 0.333 e. The number of rotatable bonds is 1. The van der Waals surface area contributed by atoms with E-state index >= 15 is 0 Å². The molecule has 2 aromatic heterocycles. The maximum atomic E-state index is 4.86. The Balaban J connectivity index is 2.45. The molecule has 0 unspecified atom stereocenters. The molecule has 0 saturated carbocycles. The van der Waals surface area contributed by atoms with E-state index in [0.29, 0.717) is 16.2 Å². The molecule has 0 aliphatic rings. The average Bonchev–Trinajstić information content (AvgIpc) is 2.54. The average molecular weight is 227 g/mol. The zero-order valence-corrected chi connectivity index (χ0v) is 7.39. The van der Waals surface area contributed by atoms with Gasteiger partial charge in [-0.2, -0.15) is 4.98 Å². The molecule has 0 fully saturated rings. The second-order valence-corrected chi connectivity index (χ2v) is 2.70. The van der Waals surface area contributed by atoms with E-state index in [2.05, 4.69) is 36.0 Å². The van der Waals surface area contributed by atoms with Gasteiger partial charge in [0.2, 0.25) is 4.73 Å². The summed E-state index contributed by atoms with van der Waals surface area (Å²) in [6.07, 6.45) is 4.65. The summed E-state index contributed by atoms with van der Waals surface area (Å²) in [5.41, 5.74) is 0.704. The van der Waals surface area contributed by atoms with Crippen LogP contribution in [0.25, 0.3) is 11.5 Å². The normalized spacial score (nSPS) is 10.1. The second kappa shape index (κ2) is 2.98. The summed E-state index contributed by atoms with van der Waals surface area (Å²) in [7, 11) is 0. The first-order chi connectivity index (χ1) is 5.86. The van der Waals surface area contributed by atoms with Gasteiger partial charge in [-0.15, -0.1) is 0 Å². The van der Waals surface area contributed by atoms with Crippen LogP contribution in [-0.4, -0.2) is 20.1 Å². The first-order valence-corrected chi connectivity index (χ1v) is 3.90. The summed E-state index contributed by atoms with van der Waals surface area (Å²) < 4.78 is 5.28. The van der Waals surface area contributed by atoms with Gasteiger partial charge in [0.15, 0.2) is 0 Å². The minimum absolute atomic E-state index is 0.405. The van der Waals surface area contributed by atoms with E-state index in [1.165, 1.54) is 6.33 Å². The summed E-state index contributed by atoms with van der Waals surface area (Å²) in [6.45, 7) is 0. The fraction of sp³-hybridized carbons (Fsp3) is 0. The van der Waals surface area contributed by atoms with Gasteiger partial charge < -0.3 is 4.52 Å².